The molecular formula is C10H16O4S. The lowest BCUT2D eigenvalue weighted by Gasteiger charge is -2.26. The molecule has 2 aliphatic rings. The molecule has 0 amide bonds. The molecule has 4 nitrogen and oxygen atoms in total. The summed E-state index contributed by atoms with van der Waals surface area (Å²) in [6.45, 7) is 0.115. The molecule has 2 fully saturated rings. The van der Waals surface area contributed by atoms with Crippen LogP contribution in [0.3, 0.4) is 0 Å². The van der Waals surface area contributed by atoms with Crippen LogP contribution in [0.5, 0.6) is 0 Å². The molecule has 0 aliphatic carbocycles. The first-order valence-electron chi connectivity index (χ1n) is 5.30. The Bertz CT molecular complexity index is 340. The van der Waals surface area contributed by atoms with Crippen LogP contribution in [0.2, 0.25) is 0 Å². The zero-order valence-corrected chi connectivity index (χ0v) is 9.63. The molecule has 15 heavy (non-hydrogen) atoms. The van der Waals surface area contributed by atoms with E-state index in [1.807, 2.05) is 0 Å². The highest BCUT2D eigenvalue weighted by molar-refractivity contribution is 7.93. The van der Waals surface area contributed by atoms with E-state index in [9.17, 15) is 13.2 Å². The predicted octanol–water partition coefficient (Wildman–Crippen LogP) is 0.558. The van der Waals surface area contributed by atoms with E-state index in [4.69, 9.17) is 4.74 Å². The largest absolute Gasteiger partial charge is 0.377 e. The van der Waals surface area contributed by atoms with Gasteiger partial charge in [0.1, 0.15) is 6.61 Å². The molecule has 2 aliphatic heterocycles. The van der Waals surface area contributed by atoms with Gasteiger partial charge in [0, 0.05) is 13.0 Å². The molecular weight excluding hydrogens is 216 g/mol. The summed E-state index contributed by atoms with van der Waals surface area (Å²) in [6, 6.07) is 0. The number of ether oxygens (including phenoxy) is 1. The summed E-state index contributed by atoms with van der Waals surface area (Å²) < 4.78 is 28.3. The summed E-state index contributed by atoms with van der Waals surface area (Å²) in [6.07, 6.45) is 2.51. The second-order valence-electron chi connectivity index (χ2n) is 4.48. The van der Waals surface area contributed by atoms with E-state index in [0.717, 1.165) is 12.8 Å². The lowest BCUT2D eigenvalue weighted by Crippen LogP contribution is -2.37. The van der Waals surface area contributed by atoms with E-state index in [1.165, 1.54) is 7.11 Å². The van der Waals surface area contributed by atoms with Gasteiger partial charge in [-0.05, 0) is 25.7 Å². The van der Waals surface area contributed by atoms with Crippen molar-refractivity contribution in [3.63, 3.8) is 0 Å². The van der Waals surface area contributed by atoms with Crippen molar-refractivity contribution in [2.24, 2.45) is 5.92 Å². The normalized spacial score (nSPS) is 37.8. The second-order valence-corrected chi connectivity index (χ2v) is 6.99. The number of carbonyl (C=O) groups is 1. The molecule has 2 atom stereocenters. The third kappa shape index (κ3) is 1.83. The van der Waals surface area contributed by atoms with E-state index in [0.29, 0.717) is 12.8 Å². The molecule has 0 aromatic heterocycles. The minimum atomic E-state index is -2.90. The topological polar surface area (TPSA) is 60.4 Å². The molecule has 0 spiro atoms. The predicted molar refractivity (Wildman–Crippen MR) is 55.3 cm³/mol. The van der Waals surface area contributed by atoms with Gasteiger partial charge in [-0.3, -0.25) is 4.79 Å². The van der Waals surface area contributed by atoms with Crippen molar-refractivity contribution in [3.8, 4) is 0 Å². The van der Waals surface area contributed by atoms with Crippen molar-refractivity contribution in [2.45, 2.75) is 36.2 Å². The van der Waals surface area contributed by atoms with E-state index in [1.54, 1.807) is 0 Å². The van der Waals surface area contributed by atoms with Crippen molar-refractivity contribution in [3.05, 3.63) is 0 Å². The maximum absolute atomic E-state index is 11.8. The van der Waals surface area contributed by atoms with Gasteiger partial charge >= 0.3 is 0 Å². The summed E-state index contributed by atoms with van der Waals surface area (Å²) in [5.74, 6) is -0.0322. The highest BCUT2D eigenvalue weighted by Gasteiger charge is 2.48. The third-order valence-electron chi connectivity index (χ3n) is 3.58. The maximum atomic E-state index is 11.8. The molecule has 2 saturated heterocycles. The van der Waals surface area contributed by atoms with Crippen molar-refractivity contribution >= 4 is 15.6 Å². The monoisotopic (exact) mass is 232 g/mol. The molecule has 2 rings (SSSR count). The van der Waals surface area contributed by atoms with Crippen LogP contribution >= 0.6 is 0 Å². The number of methoxy groups -OCH3 is 1. The van der Waals surface area contributed by atoms with Crippen LogP contribution in [0.25, 0.3) is 0 Å². The van der Waals surface area contributed by atoms with Gasteiger partial charge in [-0.2, -0.15) is 0 Å². The Morgan fingerprint density at radius 3 is 2.27 bits per heavy atom. The Morgan fingerprint density at radius 1 is 1.27 bits per heavy atom. The zero-order valence-electron chi connectivity index (χ0n) is 8.81. The average Bonchev–Trinajstić information content (AvgIpc) is 2.42. The molecule has 0 saturated carbocycles. The third-order valence-corrected chi connectivity index (χ3v) is 6.29. The quantitative estimate of drug-likeness (QED) is 0.713. The Labute approximate surface area is 89.9 Å². The summed E-state index contributed by atoms with van der Waals surface area (Å²) >= 11 is 0. The highest BCUT2D eigenvalue weighted by atomic mass is 32.2. The van der Waals surface area contributed by atoms with Crippen molar-refractivity contribution in [1.82, 2.24) is 0 Å². The summed E-state index contributed by atoms with van der Waals surface area (Å²) in [5.41, 5.74) is 0. The average molecular weight is 232 g/mol. The van der Waals surface area contributed by atoms with Crippen LogP contribution in [-0.4, -0.2) is 38.4 Å². The van der Waals surface area contributed by atoms with Crippen molar-refractivity contribution < 1.29 is 17.9 Å². The number of fused-ring (bicyclic) bond motifs is 2. The highest BCUT2D eigenvalue weighted by Crippen LogP contribution is 2.41. The lowest BCUT2D eigenvalue weighted by molar-refractivity contribution is -0.127. The SMILES string of the molecule is COCC(=O)C1CC2CCC(C1)S2(=O)=O. The standard InChI is InChI=1S/C10H16O4S/c1-14-6-10(11)7-4-8-2-3-9(5-7)15(8,12)13/h7-9H,2-6H2,1H3. The van der Waals surface area contributed by atoms with Gasteiger partial charge in [-0.1, -0.05) is 0 Å². The van der Waals surface area contributed by atoms with Gasteiger partial charge < -0.3 is 4.74 Å². The van der Waals surface area contributed by atoms with E-state index >= 15 is 0 Å². The first kappa shape index (κ1) is 11.1. The summed E-state index contributed by atoms with van der Waals surface area (Å²) in [7, 11) is -1.41. The minimum absolute atomic E-state index is 0.0595. The fourth-order valence-corrected chi connectivity index (χ4v) is 5.21. The fraction of sp³-hybridized carbons (Fsp3) is 0.900. The van der Waals surface area contributed by atoms with Crippen LogP contribution in [0.4, 0.5) is 0 Å². The summed E-state index contributed by atoms with van der Waals surface area (Å²) in [5, 5.41) is -0.524. The molecule has 5 heteroatoms. The Morgan fingerprint density at radius 2 is 1.80 bits per heavy atom. The van der Waals surface area contributed by atoms with E-state index in [2.05, 4.69) is 0 Å². The van der Waals surface area contributed by atoms with E-state index < -0.39 is 9.84 Å². The fourth-order valence-electron chi connectivity index (χ4n) is 2.73. The number of hydrogen-bond donors (Lipinski definition) is 0. The smallest absolute Gasteiger partial charge is 0.161 e. The van der Waals surface area contributed by atoms with Crippen molar-refractivity contribution in [2.75, 3.05) is 13.7 Å². The van der Waals surface area contributed by atoms with Gasteiger partial charge in [0.25, 0.3) is 0 Å². The minimum Gasteiger partial charge on any atom is -0.377 e. The number of ketones is 1. The number of carbonyl (C=O) groups excluding carboxylic acids is 1. The lowest BCUT2D eigenvalue weighted by atomic mass is 9.95. The molecule has 86 valence electrons. The number of rotatable bonds is 3. The molecule has 2 unspecified atom stereocenters. The number of hydrogen-bond acceptors (Lipinski definition) is 4. The van der Waals surface area contributed by atoms with Crippen LogP contribution in [0.15, 0.2) is 0 Å². The molecule has 0 N–H and O–H groups in total. The first-order valence-corrected chi connectivity index (χ1v) is 6.91. The Hall–Kier alpha value is -0.420. The molecule has 2 heterocycles. The van der Waals surface area contributed by atoms with Crippen LogP contribution < -0.4 is 0 Å². The zero-order chi connectivity index (χ0) is 11.1. The Kier molecular flexibility index (Phi) is 2.85. The molecule has 2 bridgehead atoms. The van der Waals surface area contributed by atoms with Gasteiger partial charge in [-0.15, -0.1) is 0 Å². The number of Topliss-reactive ketones (excluding diaryl/α,β-unsaturated/α-hetero) is 1. The number of sulfone groups is 1. The molecule has 0 aromatic carbocycles. The maximum Gasteiger partial charge on any atom is 0.161 e. The first-order chi connectivity index (χ1) is 7.05. The van der Waals surface area contributed by atoms with E-state index in [-0.39, 0.29) is 28.8 Å². The van der Waals surface area contributed by atoms with Crippen LogP contribution in [-0.2, 0) is 19.4 Å². The van der Waals surface area contributed by atoms with Gasteiger partial charge in [-0.25, -0.2) is 8.42 Å². The van der Waals surface area contributed by atoms with Gasteiger partial charge in [0.2, 0.25) is 0 Å². The van der Waals surface area contributed by atoms with Crippen LogP contribution in [0.1, 0.15) is 25.7 Å². The molecule has 0 radical (unpaired) electrons. The summed E-state index contributed by atoms with van der Waals surface area (Å²) in [4.78, 5) is 11.6. The van der Waals surface area contributed by atoms with Gasteiger partial charge in [0.15, 0.2) is 15.6 Å². The Balaban J connectivity index is 2.09. The second kappa shape index (κ2) is 3.87. The van der Waals surface area contributed by atoms with Crippen molar-refractivity contribution in [1.29, 1.82) is 0 Å². The van der Waals surface area contributed by atoms with Crippen LogP contribution in [0, 0.1) is 5.92 Å². The van der Waals surface area contributed by atoms with Gasteiger partial charge in [0.05, 0.1) is 10.5 Å². The molecule has 0 aromatic rings.